The van der Waals surface area contributed by atoms with Gasteiger partial charge in [-0.05, 0) is 288 Å². The highest BCUT2D eigenvalue weighted by Gasteiger charge is 2.73. The van der Waals surface area contributed by atoms with E-state index < -0.39 is 103 Å². The summed E-state index contributed by atoms with van der Waals surface area (Å²) in [6.45, 7) is 40.1. The highest BCUT2D eigenvalue weighted by molar-refractivity contribution is 5.87. The van der Waals surface area contributed by atoms with Crippen molar-refractivity contribution in [3.8, 4) is 6.07 Å². The third kappa shape index (κ3) is 24.0. The number of hydrogen-bond donors (Lipinski definition) is 1. The van der Waals surface area contributed by atoms with Gasteiger partial charge in [-0.3, -0.25) is 43.2 Å². The van der Waals surface area contributed by atoms with Crippen LogP contribution in [0.15, 0.2) is 0 Å². The Hall–Kier alpha value is -5.64. The molecule has 14 aliphatic carbocycles. The van der Waals surface area contributed by atoms with Crippen LogP contribution in [-0.4, -0.2) is 193 Å². The van der Waals surface area contributed by atoms with Crippen LogP contribution in [0.4, 0.5) is 0 Å². The molecule has 0 aromatic rings. The summed E-state index contributed by atoms with van der Waals surface area (Å²) in [4.78, 5) is 109. The van der Waals surface area contributed by atoms with Crippen LogP contribution in [0, 0.1) is 103 Å². The number of fused-ring (bicyclic) bond motifs is 4. The average molecular weight is 1900 g/mol. The van der Waals surface area contributed by atoms with Gasteiger partial charge in [0.1, 0.15) is 35.6 Å². The van der Waals surface area contributed by atoms with Crippen LogP contribution in [-0.2, 0) is 124 Å². The first kappa shape index (κ1) is 107. The van der Waals surface area contributed by atoms with E-state index in [0.717, 1.165) is 193 Å². The van der Waals surface area contributed by atoms with Crippen LogP contribution in [0.1, 0.15) is 389 Å². The van der Waals surface area contributed by atoms with Crippen molar-refractivity contribution in [1.29, 1.82) is 5.26 Å². The molecule has 0 radical (unpaired) electrons. The van der Waals surface area contributed by atoms with Crippen LogP contribution < -0.4 is 0 Å². The van der Waals surface area contributed by atoms with E-state index in [9.17, 15) is 43.2 Å². The topological polar surface area (TPSA) is 355 Å². The molecule has 0 aromatic carbocycles. The molecule has 23 atom stereocenters. The SMILES string of the molecule is CCC(C)(C)C(=O)O.CCC(C)(C)C(=O)OC12CC3CC(OC(C)OC4CCCCC4)(C1)CC(OC(C)OC1CCCCC1)(C3)C2.CCC(C)(C)C(=O)OC12CC3CC(OC4CCCCO4)(C1)CC(OC1CCCCO1)(C3)C2.CCC(C)(C)C(=O)OC1C2CC3C(=O)OC1C3O2.CCC(C)(C)C(=O)OC1C2CC3C1OC(=O)C3C2C(=O)OC.CCC(C)(C)C(=O)OC1CC2CC(C#N)C1C2. The van der Waals surface area contributed by atoms with Gasteiger partial charge in [0.15, 0.2) is 37.4 Å². The Morgan fingerprint density at radius 3 is 1.27 bits per heavy atom. The number of ether oxygens (including phenoxy) is 17. The summed E-state index contributed by atoms with van der Waals surface area (Å²) in [7, 11) is 1.31. The zero-order valence-electron chi connectivity index (χ0n) is 85.8. The average Bonchev–Trinajstić information content (AvgIpc) is 1.56. The van der Waals surface area contributed by atoms with Gasteiger partial charge in [-0.25, -0.2) is 0 Å². The van der Waals surface area contributed by atoms with Gasteiger partial charge < -0.3 is 85.6 Å². The first-order valence-electron chi connectivity index (χ1n) is 52.7. The van der Waals surface area contributed by atoms with Gasteiger partial charge in [-0.15, -0.1) is 0 Å². The number of carboxylic acid groups (broad SMARTS) is 1. The maximum atomic E-state index is 13.4. The van der Waals surface area contributed by atoms with Gasteiger partial charge >= 0.3 is 53.7 Å². The number of esters is 8. The van der Waals surface area contributed by atoms with Crippen molar-refractivity contribution in [2.75, 3.05) is 20.3 Å². The van der Waals surface area contributed by atoms with Gasteiger partial charge in [0, 0.05) is 69.5 Å². The number of rotatable bonds is 30. The second kappa shape index (κ2) is 42.5. The van der Waals surface area contributed by atoms with E-state index in [4.69, 9.17) is 90.9 Å². The molecule has 20 aliphatic rings. The molecule has 14 bridgehead atoms. The number of methoxy groups -OCH3 is 1. The quantitative estimate of drug-likeness (QED) is 0.0396. The molecule has 14 saturated carbocycles. The molecule has 135 heavy (non-hydrogen) atoms. The minimum absolute atomic E-state index is 0.00303. The zero-order chi connectivity index (χ0) is 98.2. The molecule has 1 N–H and O–H groups in total. The summed E-state index contributed by atoms with van der Waals surface area (Å²) in [6.07, 6.45) is 35.3. The van der Waals surface area contributed by atoms with E-state index in [1.165, 1.54) is 45.6 Å². The maximum absolute atomic E-state index is 13.4. The van der Waals surface area contributed by atoms with Gasteiger partial charge in [0.05, 0.1) is 110 Å². The van der Waals surface area contributed by atoms with Crippen LogP contribution in [0.3, 0.4) is 0 Å². The molecule has 20 fully saturated rings. The molecule has 20 rings (SSSR count). The fourth-order valence-electron chi connectivity index (χ4n) is 25.9. The van der Waals surface area contributed by atoms with E-state index in [1.54, 1.807) is 13.8 Å². The van der Waals surface area contributed by atoms with Crippen LogP contribution >= 0.6 is 0 Å². The molecule has 6 aliphatic heterocycles. The van der Waals surface area contributed by atoms with Crippen molar-refractivity contribution in [2.45, 2.75) is 503 Å². The third-order valence-electron chi connectivity index (χ3n) is 35.3. The van der Waals surface area contributed by atoms with E-state index >= 15 is 0 Å². The fraction of sp³-hybridized carbons (Fsp3) is 0.907. The lowest BCUT2D eigenvalue weighted by molar-refractivity contribution is -0.344. The monoisotopic (exact) mass is 1900 g/mol. The Bertz CT molecular complexity index is 4080. The minimum Gasteiger partial charge on any atom is -0.481 e. The summed E-state index contributed by atoms with van der Waals surface area (Å²) in [5, 5.41) is 17.5. The molecule has 28 nitrogen and oxygen atoms in total. The zero-order valence-corrected chi connectivity index (χ0v) is 85.8. The summed E-state index contributed by atoms with van der Waals surface area (Å²) >= 11 is 0. The van der Waals surface area contributed by atoms with Crippen LogP contribution in [0.25, 0.3) is 0 Å². The summed E-state index contributed by atoms with van der Waals surface area (Å²) < 4.78 is 103. The Morgan fingerprint density at radius 1 is 0.437 bits per heavy atom. The Morgan fingerprint density at radius 2 is 0.844 bits per heavy atom. The van der Waals surface area contributed by atoms with Crippen LogP contribution in [0.2, 0.25) is 0 Å². The number of aliphatic carboxylic acids is 1. The first-order chi connectivity index (χ1) is 63.5. The molecule has 23 unspecified atom stereocenters. The van der Waals surface area contributed by atoms with Gasteiger partial charge in [0.2, 0.25) is 0 Å². The number of carboxylic acids is 1. The van der Waals surface area contributed by atoms with E-state index in [2.05, 4.69) is 33.8 Å². The maximum Gasteiger partial charge on any atom is 0.312 e. The normalized spacial score (nSPS) is 38.0. The number of carbonyl (C=O) groups is 9. The van der Waals surface area contributed by atoms with E-state index in [1.807, 2.05) is 96.9 Å². The first-order valence-corrected chi connectivity index (χ1v) is 52.7. The lowest BCUT2D eigenvalue weighted by atomic mass is 9.50. The summed E-state index contributed by atoms with van der Waals surface area (Å²) in [6, 6.07) is 2.36. The lowest BCUT2D eigenvalue weighted by Crippen LogP contribution is -2.69. The second-order valence-corrected chi connectivity index (χ2v) is 48.2. The molecular weight excluding hydrogens is 1730 g/mol. The van der Waals surface area contributed by atoms with E-state index in [0.29, 0.717) is 68.0 Å². The largest absolute Gasteiger partial charge is 0.481 e. The molecule has 764 valence electrons. The number of carbonyl (C=O) groups excluding carboxylic acids is 8. The van der Waals surface area contributed by atoms with Crippen molar-refractivity contribution in [2.24, 2.45) is 91.7 Å². The van der Waals surface area contributed by atoms with Crippen molar-refractivity contribution in [1.82, 2.24) is 0 Å². The molecule has 28 heteroatoms. The van der Waals surface area contributed by atoms with Crippen LogP contribution in [0.5, 0.6) is 0 Å². The summed E-state index contributed by atoms with van der Waals surface area (Å²) in [5.74, 6) is -2.04. The minimum atomic E-state index is -0.722. The Kier molecular flexibility index (Phi) is 33.6. The van der Waals surface area contributed by atoms with Crippen molar-refractivity contribution in [3.63, 3.8) is 0 Å². The van der Waals surface area contributed by atoms with Crippen molar-refractivity contribution >= 4 is 53.7 Å². The molecule has 0 spiro atoms. The number of hydrogen-bond acceptors (Lipinski definition) is 27. The highest BCUT2D eigenvalue weighted by Crippen LogP contribution is 2.67. The molecule has 6 heterocycles. The van der Waals surface area contributed by atoms with Gasteiger partial charge in [-0.1, -0.05) is 80.1 Å². The molecular formula is C107H169NO27. The number of nitriles is 1. The predicted octanol–water partition coefficient (Wildman–Crippen LogP) is 19.6. The van der Waals surface area contributed by atoms with Crippen molar-refractivity contribution < 1.29 is 129 Å². The van der Waals surface area contributed by atoms with Gasteiger partial charge in [0.25, 0.3) is 0 Å². The second-order valence-electron chi connectivity index (χ2n) is 48.2. The fourth-order valence-corrected chi connectivity index (χ4v) is 25.9. The smallest absolute Gasteiger partial charge is 0.312 e. The van der Waals surface area contributed by atoms with Crippen molar-refractivity contribution in [3.05, 3.63) is 0 Å². The summed E-state index contributed by atoms with van der Waals surface area (Å²) in [5.41, 5.74) is -5.55. The third-order valence-corrected chi connectivity index (χ3v) is 35.3. The Balaban J connectivity index is 0.000000144. The standard InChI is InChI=1S/C32H54O6.C26H42O6.C16H22O6.C14H21NO2.C13H18O5.C6H12O2/c1-6-29(4,5)28(33)38-32-19-25-17-30(21-32,36-23(2)34-26-13-9-7-10-14-26)20-31(18-25,22-32)37-24(3)35-27-15-11-8-12-16-27;1-4-23(2,3)22(27)32-26-15-19-13-24(17-26,30-20-9-5-7-11-28-20)16-25(14-19,18-26)31-21-10-6-8-12-29-21;1-5-16(2,3)15(19)22-12-7-6-8-10(9(7)13(17)20-4)14(18)21-11(8)12;1-4-14(2,3)13(16)17-12-7-9-5-10(8-15)11(12)6-9;1-4-13(2,3)12(15)18-9-7-5-6-8(16-7)10(9)17-11(6)14;1-4-6(2,3)5(7)8/h23-27H,6-22H2,1-5H3;19-21H,4-18H2,1-3H3;7-12H,5-6H2,1-4H3;9-12H,4-7H2,1-3H3;6-10H,4-5H2,1-3H3;4H2,1-3H3,(H,7,8). The lowest BCUT2D eigenvalue weighted by Gasteiger charge is -2.65. The highest BCUT2D eigenvalue weighted by atomic mass is 16.7. The van der Waals surface area contributed by atoms with E-state index in [-0.39, 0.29) is 120 Å². The molecule has 0 aromatic heterocycles. The predicted molar refractivity (Wildman–Crippen MR) is 496 cm³/mol. The van der Waals surface area contributed by atoms with Gasteiger partial charge in [-0.2, -0.15) is 5.26 Å². The number of nitrogens with zero attached hydrogens (tertiary/aromatic N) is 1. The molecule has 0 amide bonds. The molecule has 6 saturated heterocycles. The Labute approximate surface area is 804 Å².